The summed E-state index contributed by atoms with van der Waals surface area (Å²) in [6.07, 6.45) is 5.83. The highest BCUT2D eigenvalue weighted by molar-refractivity contribution is 7.87. The first-order valence-electron chi connectivity index (χ1n) is 5.93. The molecule has 0 fully saturated rings. The van der Waals surface area contributed by atoms with Gasteiger partial charge in [0.15, 0.2) is 0 Å². The average molecular weight is 310 g/mol. The summed E-state index contributed by atoms with van der Waals surface area (Å²) in [5, 5.41) is 5.14. The number of imidazole rings is 1. The molecule has 0 bridgehead atoms. The monoisotopic (exact) mass is 310 g/mol. The molecule has 0 saturated carbocycles. The van der Waals surface area contributed by atoms with E-state index in [1.165, 1.54) is 24.5 Å². The zero-order valence-electron chi connectivity index (χ0n) is 11.0. The second kappa shape index (κ2) is 5.94. The van der Waals surface area contributed by atoms with Gasteiger partial charge in [-0.25, -0.2) is 18.9 Å². The third-order valence-electron chi connectivity index (χ3n) is 2.67. The van der Waals surface area contributed by atoms with E-state index in [1.54, 1.807) is 6.20 Å². The number of nitrogens with zero attached hydrogens (tertiary/aromatic N) is 2. The van der Waals surface area contributed by atoms with Crippen molar-refractivity contribution in [1.82, 2.24) is 13.9 Å². The summed E-state index contributed by atoms with van der Waals surface area (Å²) >= 11 is 0. The summed E-state index contributed by atoms with van der Waals surface area (Å²) in [4.78, 5) is 18.8. The van der Waals surface area contributed by atoms with E-state index in [2.05, 4.69) is 16.5 Å². The number of rotatable bonds is 6. The number of hydrogen-bond acceptors (Lipinski definition) is 5. The van der Waals surface area contributed by atoms with Crippen LogP contribution in [-0.2, 0) is 21.4 Å². The predicted molar refractivity (Wildman–Crippen MR) is 74.8 cm³/mol. The third-order valence-corrected chi connectivity index (χ3v) is 3.56. The molecule has 112 valence electrons. The van der Waals surface area contributed by atoms with Crippen LogP contribution in [0.25, 0.3) is 0 Å². The van der Waals surface area contributed by atoms with Crippen molar-refractivity contribution in [2.24, 2.45) is 5.14 Å². The molecule has 0 aliphatic rings. The van der Waals surface area contributed by atoms with E-state index in [4.69, 9.17) is 9.88 Å². The number of nitrogens with two attached hydrogens (primary N) is 1. The second-order valence-corrected chi connectivity index (χ2v) is 5.54. The highest BCUT2D eigenvalue weighted by atomic mass is 32.2. The van der Waals surface area contributed by atoms with Gasteiger partial charge in [-0.3, -0.25) is 0 Å². The summed E-state index contributed by atoms with van der Waals surface area (Å²) in [5.41, 5.74) is 0.295. The van der Waals surface area contributed by atoms with Crippen LogP contribution in [0.1, 0.15) is 21.9 Å². The molecule has 0 aromatic carbocycles. The van der Waals surface area contributed by atoms with Gasteiger partial charge in [0.25, 0.3) is 0 Å². The molecule has 2 rings (SSSR count). The molecule has 21 heavy (non-hydrogen) atoms. The minimum atomic E-state index is -4.02. The predicted octanol–water partition coefficient (Wildman–Crippen LogP) is 0.196. The Labute approximate surface area is 121 Å². The van der Waals surface area contributed by atoms with Gasteiger partial charge in [-0.05, 0) is 6.07 Å². The van der Waals surface area contributed by atoms with Crippen molar-refractivity contribution in [1.29, 1.82) is 0 Å². The minimum Gasteiger partial charge on any atom is -0.458 e. The van der Waals surface area contributed by atoms with Crippen molar-refractivity contribution in [2.45, 2.75) is 6.42 Å². The molecule has 9 heteroatoms. The second-order valence-electron chi connectivity index (χ2n) is 4.12. The summed E-state index contributed by atoms with van der Waals surface area (Å²) in [6, 6.07) is 1.34. The Morgan fingerprint density at radius 1 is 1.57 bits per heavy atom. The van der Waals surface area contributed by atoms with Crippen LogP contribution < -0.4 is 5.14 Å². The Morgan fingerprint density at radius 3 is 2.90 bits per heavy atom. The molecule has 0 aliphatic heterocycles. The highest BCUT2D eigenvalue weighted by Gasteiger charge is 2.22. The average Bonchev–Trinajstić information content (AvgIpc) is 3.05. The maximum absolute atomic E-state index is 11.9. The molecule has 2 heterocycles. The van der Waals surface area contributed by atoms with E-state index in [9.17, 15) is 13.2 Å². The molecule has 0 atom stereocenters. The van der Waals surface area contributed by atoms with Gasteiger partial charge in [0.05, 0.1) is 11.3 Å². The molecule has 0 saturated heterocycles. The Balaban J connectivity index is 2.43. The van der Waals surface area contributed by atoms with Crippen LogP contribution in [0.3, 0.4) is 0 Å². The van der Waals surface area contributed by atoms with Crippen LogP contribution in [0, 0.1) is 0 Å². The molecule has 8 nitrogen and oxygen atoms in total. The summed E-state index contributed by atoms with van der Waals surface area (Å²) in [5.74, 6) is -0.157. The lowest BCUT2D eigenvalue weighted by atomic mass is 10.2. The maximum atomic E-state index is 11.9. The fourth-order valence-corrected chi connectivity index (χ4v) is 2.51. The van der Waals surface area contributed by atoms with Gasteiger partial charge in [-0.1, -0.05) is 12.7 Å². The molecule has 0 aliphatic carbocycles. The number of ether oxygens (including phenoxy) is 1. The van der Waals surface area contributed by atoms with Gasteiger partial charge in [0.1, 0.15) is 12.4 Å². The molecule has 0 unspecified atom stereocenters. The van der Waals surface area contributed by atoms with Crippen molar-refractivity contribution in [3.8, 4) is 0 Å². The first-order chi connectivity index (χ1) is 9.93. The Bertz CT molecular complexity index is 746. The fraction of sp³-hybridized carbons (Fsp3) is 0.167. The van der Waals surface area contributed by atoms with E-state index >= 15 is 0 Å². The van der Waals surface area contributed by atoms with Crippen molar-refractivity contribution in [2.75, 3.05) is 6.61 Å². The van der Waals surface area contributed by atoms with Gasteiger partial charge in [0, 0.05) is 25.0 Å². The molecule has 0 spiro atoms. The Morgan fingerprint density at radius 2 is 2.33 bits per heavy atom. The van der Waals surface area contributed by atoms with Crippen molar-refractivity contribution in [3.63, 3.8) is 0 Å². The zero-order valence-corrected chi connectivity index (χ0v) is 11.8. The number of hydrogen-bond donors (Lipinski definition) is 2. The number of carbonyl (C=O) groups excluding carboxylic acids is 1. The van der Waals surface area contributed by atoms with Crippen molar-refractivity contribution < 1.29 is 17.9 Å². The number of H-pyrrole nitrogens is 1. The zero-order chi connectivity index (χ0) is 15.5. The number of nitrogens with one attached hydrogen (secondary N) is 1. The lowest BCUT2D eigenvalue weighted by Crippen LogP contribution is -2.24. The van der Waals surface area contributed by atoms with E-state index in [1.807, 2.05) is 0 Å². The molecule has 3 N–H and O–H groups in total. The van der Waals surface area contributed by atoms with Gasteiger partial charge in [0.2, 0.25) is 0 Å². The summed E-state index contributed by atoms with van der Waals surface area (Å²) < 4.78 is 28.9. The summed E-state index contributed by atoms with van der Waals surface area (Å²) in [6.45, 7) is 3.47. The van der Waals surface area contributed by atoms with Crippen LogP contribution in [-0.4, -0.2) is 34.9 Å². The largest absolute Gasteiger partial charge is 0.458 e. The van der Waals surface area contributed by atoms with Crippen LogP contribution in [0.2, 0.25) is 0 Å². The standard InChI is InChI=1S/C12H14N4O4S/c1-2-7-20-12(17)9-3-6-16(21(13,18)19)10(9)8-11-14-4-5-15-11/h2-6H,1,7-8H2,(H,14,15)(H2,13,18,19). The molecular formula is C12H14N4O4S. The minimum absolute atomic E-state index is 0.0274. The fourth-order valence-electron chi connectivity index (χ4n) is 1.81. The smallest absolute Gasteiger partial charge is 0.340 e. The van der Waals surface area contributed by atoms with Crippen LogP contribution in [0.15, 0.2) is 37.3 Å². The molecule has 0 radical (unpaired) electrons. The van der Waals surface area contributed by atoms with Crippen LogP contribution >= 0.6 is 0 Å². The lowest BCUT2D eigenvalue weighted by Gasteiger charge is -2.08. The molecule has 0 amide bonds. The van der Waals surface area contributed by atoms with E-state index < -0.39 is 16.2 Å². The first kappa shape index (κ1) is 15.0. The van der Waals surface area contributed by atoms with Crippen molar-refractivity contribution in [3.05, 3.63) is 54.4 Å². The molecule has 2 aromatic rings. The quantitative estimate of drug-likeness (QED) is 0.583. The van der Waals surface area contributed by atoms with E-state index in [-0.39, 0.29) is 24.3 Å². The normalized spacial score (nSPS) is 11.3. The third kappa shape index (κ3) is 3.38. The van der Waals surface area contributed by atoms with E-state index in [0.29, 0.717) is 5.82 Å². The van der Waals surface area contributed by atoms with Crippen LogP contribution in [0.5, 0.6) is 0 Å². The van der Waals surface area contributed by atoms with E-state index in [0.717, 1.165) is 3.97 Å². The number of carbonyl (C=O) groups is 1. The SMILES string of the molecule is C=CCOC(=O)c1ccn(S(N)(=O)=O)c1Cc1ncc[nH]1. The number of esters is 1. The Hall–Kier alpha value is -2.39. The topological polar surface area (TPSA) is 120 Å². The Kier molecular flexibility index (Phi) is 4.24. The summed E-state index contributed by atoms with van der Waals surface area (Å²) in [7, 11) is -4.02. The van der Waals surface area contributed by atoms with Gasteiger partial charge < -0.3 is 9.72 Å². The van der Waals surface area contributed by atoms with Gasteiger partial charge >= 0.3 is 16.2 Å². The van der Waals surface area contributed by atoms with Crippen LogP contribution in [0.4, 0.5) is 0 Å². The van der Waals surface area contributed by atoms with Gasteiger partial charge in [-0.2, -0.15) is 8.42 Å². The highest BCUT2D eigenvalue weighted by Crippen LogP contribution is 2.17. The molecule has 2 aromatic heterocycles. The molecular weight excluding hydrogens is 296 g/mol. The lowest BCUT2D eigenvalue weighted by molar-refractivity contribution is 0.0549. The van der Waals surface area contributed by atoms with Gasteiger partial charge in [-0.15, -0.1) is 0 Å². The maximum Gasteiger partial charge on any atom is 0.340 e. The number of aromatic nitrogens is 3. The first-order valence-corrected chi connectivity index (χ1v) is 7.43. The number of aromatic amines is 1. The van der Waals surface area contributed by atoms with Crippen molar-refractivity contribution >= 4 is 16.2 Å².